The predicted octanol–water partition coefficient (Wildman–Crippen LogP) is 4.68. The van der Waals surface area contributed by atoms with Crippen molar-refractivity contribution in [3.05, 3.63) is 70.2 Å². The lowest BCUT2D eigenvalue weighted by atomic mass is 10.2. The van der Waals surface area contributed by atoms with Gasteiger partial charge < -0.3 is 4.18 Å². The molecule has 0 aliphatic carbocycles. The predicted molar refractivity (Wildman–Crippen MR) is 84.9 cm³/mol. The van der Waals surface area contributed by atoms with E-state index in [0.29, 0.717) is 10.6 Å². The van der Waals surface area contributed by atoms with Crippen LogP contribution in [0.3, 0.4) is 0 Å². The number of aryl methyl sites for hydroxylation is 1. The summed E-state index contributed by atoms with van der Waals surface area (Å²) in [5.41, 5.74) is 1.32. The highest BCUT2D eigenvalue weighted by molar-refractivity contribution is 7.87. The zero-order chi connectivity index (χ0) is 15.6. The SMILES string of the molecule is C=C(OS(=O)(=O)c1ccc(C)cc1)c1ccc(Cl)cc1Cl. The largest absolute Gasteiger partial charge is 0.379 e. The molecule has 0 heterocycles. The van der Waals surface area contributed by atoms with Crippen LogP contribution in [-0.4, -0.2) is 8.42 Å². The molecule has 0 saturated heterocycles. The Hall–Kier alpha value is -1.49. The molecule has 0 aromatic heterocycles. The standard InChI is InChI=1S/C15H12Cl2O3S/c1-10-3-6-13(7-4-10)21(18,19)20-11(2)14-8-5-12(16)9-15(14)17/h3-9H,2H2,1H3. The second kappa shape index (κ2) is 6.10. The molecule has 2 aromatic carbocycles. The van der Waals surface area contributed by atoms with Crippen molar-refractivity contribution < 1.29 is 12.6 Å². The van der Waals surface area contributed by atoms with Gasteiger partial charge in [0.2, 0.25) is 0 Å². The molecule has 0 unspecified atom stereocenters. The van der Waals surface area contributed by atoms with Crippen LogP contribution in [0.25, 0.3) is 5.76 Å². The highest BCUT2D eigenvalue weighted by Gasteiger charge is 2.19. The first-order chi connectivity index (χ1) is 9.79. The Balaban J connectivity index is 2.28. The summed E-state index contributed by atoms with van der Waals surface area (Å²) in [6.07, 6.45) is 0. The molecule has 0 aliphatic rings. The number of hydrogen-bond acceptors (Lipinski definition) is 3. The van der Waals surface area contributed by atoms with Crippen LogP contribution in [0.1, 0.15) is 11.1 Å². The normalized spacial score (nSPS) is 11.2. The van der Waals surface area contributed by atoms with Gasteiger partial charge in [-0.25, -0.2) is 0 Å². The fourth-order valence-corrected chi connectivity index (χ4v) is 3.08. The fraction of sp³-hybridized carbons (Fsp3) is 0.0667. The summed E-state index contributed by atoms with van der Waals surface area (Å²) < 4.78 is 29.3. The van der Waals surface area contributed by atoms with Crippen molar-refractivity contribution in [1.82, 2.24) is 0 Å². The third-order valence-corrected chi connectivity index (χ3v) is 4.57. The van der Waals surface area contributed by atoms with Crippen LogP contribution in [0.5, 0.6) is 0 Å². The summed E-state index contributed by atoms with van der Waals surface area (Å²) >= 11 is 11.8. The lowest BCUT2D eigenvalue weighted by molar-refractivity contribution is 0.464. The van der Waals surface area contributed by atoms with Gasteiger partial charge in [-0.1, -0.05) is 47.5 Å². The van der Waals surface area contributed by atoms with Gasteiger partial charge in [0.1, 0.15) is 10.7 Å². The van der Waals surface area contributed by atoms with E-state index >= 15 is 0 Å². The van der Waals surface area contributed by atoms with Gasteiger partial charge in [-0.05, 0) is 37.3 Å². The van der Waals surface area contributed by atoms with Crippen LogP contribution in [0, 0.1) is 6.92 Å². The molecule has 0 saturated carbocycles. The van der Waals surface area contributed by atoms with Crippen LogP contribution in [-0.2, 0) is 14.3 Å². The van der Waals surface area contributed by atoms with Crippen molar-refractivity contribution in [2.45, 2.75) is 11.8 Å². The molecule has 6 heteroatoms. The third kappa shape index (κ3) is 3.79. The summed E-state index contributed by atoms with van der Waals surface area (Å²) in [5, 5.41) is 0.713. The molecule has 0 atom stereocenters. The Kier molecular flexibility index (Phi) is 4.61. The minimum absolute atomic E-state index is 0.0549. The van der Waals surface area contributed by atoms with Gasteiger partial charge in [0.15, 0.2) is 0 Å². The Morgan fingerprint density at radius 3 is 2.29 bits per heavy atom. The van der Waals surface area contributed by atoms with Crippen LogP contribution in [0.2, 0.25) is 10.0 Å². The molecular formula is C15H12Cl2O3S. The van der Waals surface area contributed by atoms with Crippen molar-refractivity contribution >= 4 is 39.1 Å². The second-order valence-corrected chi connectivity index (χ2v) is 6.79. The number of halogens is 2. The summed E-state index contributed by atoms with van der Waals surface area (Å²) in [7, 11) is -3.94. The lowest BCUT2D eigenvalue weighted by Crippen LogP contribution is -2.05. The van der Waals surface area contributed by atoms with Crippen molar-refractivity contribution in [1.29, 1.82) is 0 Å². The van der Waals surface area contributed by atoms with E-state index in [2.05, 4.69) is 6.58 Å². The molecule has 0 bridgehead atoms. The topological polar surface area (TPSA) is 43.4 Å². The van der Waals surface area contributed by atoms with Gasteiger partial charge in [0.05, 0.1) is 5.02 Å². The van der Waals surface area contributed by atoms with Crippen molar-refractivity contribution in [2.75, 3.05) is 0 Å². The second-order valence-electron chi connectivity index (χ2n) is 4.40. The van der Waals surface area contributed by atoms with Crippen LogP contribution < -0.4 is 0 Å². The van der Waals surface area contributed by atoms with E-state index in [9.17, 15) is 8.42 Å². The van der Waals surface area contributed by atoms with Gasteiger partial charge in [-0.2, -0.15) is 8.42 Å². The quantitative estimate of drug-likeness (QED) is 0.598. The van der Waals surface area contributed by atoms with E-state index in [1.807, 2.05) is 6.92 Å². The minimum atomic E-state index is -3.94. The highest BCUT2D eigenvalue weighted by atomic mass is 35.5. The first-order valence-electron chi connectivity index (χ1n) is 5.95. The van der Waals surface area contributed by atoms with Crippen LogP contribution >= 0.6 is 23.2 Å². The van der Waals surface area contributed by atoms with Gasteiger partial charge >= 0.3 is 10.1 Å². The van der Waals surface area contributed by atoms with E-state index < -0.39 is 10.1 Å². The third-order valence-electron chi connectivity index (χ3n) is 2.75. The van der Waals surface area contributed by atoms with E-state index in [1.165, 1.54) is 18.2 Å². The summed E-state index contributed by atoms with van der Waals surface area (Å²) in [6.45, 7) is 5.48. The molecule has 0 spiro atoms. The van der Waals surface area contributed by atoms with Gasteiger partial charge in [-0.15, -0.1) is 0 Å². The van der Waals surface area contributed by atoms with Crippen LogP contribution in [0.4, 0.5) is 0 Å². The molecule has 0 aliphatic heterocycles. The molecule has 3 nitrogen and oxygen atoms in total. The first-order valence-corrected chi connectivity index (χ1v) is 8.11. The molecule has 0 N–H and O–H groups in total. The molecule has 2 rings (SSSR count). The zero-order valence-electron chi connectivity index (χ0n) is 11.1. The Labute approximate surface area is 133 Å². The zero-order valence-corrected chi connectivity index (χ0v) is 13.5. The van der Waals surface area contributed by atoms with E-state index in [-0.39, 0.29) is 15.7 Å². The van der Waals surface area contributed by atoms with E-state index in [0.717, 1.165) is 5.56 Å². The van der Waals surface area contributed by atoms with Gasteiger partial charge in [0.25, 0.3) is 0 Å². The maximum Gasteiger partial charge on any atom is 0.339 e. The highest BCUT2D eigenvalue weighted by Crippen LogP contribution is 2.29. The minimum Gasteiger partial charge on any atom is -0.379 e. The first kappa shape index (κ1) is 15.9. The van der Waals surface area contributed by atoms with E-state index in [1.54, 1.807) is 24.3 Å². The fourth-order valence-electron chi connectivity index (χ4n) is 1.65. The molecule has 21 heavy (non-hydrogen) atoms. The molecule has 110 valence electrons. The van der Waals surface area contributed by atoms with Crippen molar-refractivity contribution in [3.8, 4) is 0 Å². The summed E-state index contributed by atoms with van der Waals surface area (Å²) in [5.74, 6) is -0.0581. The molecule has 0 radical (unpaired) electrons. The number of benzene rings is 2. The van der Waals surface area contributed by atoms with Gasteiger partial charge in [-0.3, -0.25) is 0 Å². The average molecular weight is 343 g/mol. The Bertz CT molecular complexity index is 781. The molecule has 0 amide bonds. The Morgan fingerprint density at radius 2 is 1.71 bits per heavy atom. The molecular weight excluding hydrogens is 331 g/mol. The summed E-state index contributed by atoms with van der Waals surface area (Å²) in [4.78, 5) is 0.0549. The smallest absolute Gasteiger partial charge is 0.339 e. The monoisotopic (exact) mass is 342 g/mol. The van der Waals surface area contributed by atoms with Gasteiger partial charge in [0, 0.05) is 10.6 Å². The lowest BCUT2D eigenvalue weighted by Gasteiger charge is -2.11. The average Bonchev–Trinajstić information content (AvgIpc) is 2.38. The van der Waals surface area contributed by atoms with Crippen LogP contribution in [0.15, 0.2) is 53.9 Å². The number of rotatable bonds is 4. The molecule has 2 aromatic rings. The van der Waals surface area contributed by atoms with Crippen molar-refractivity contribution in [3.63, 3.8) is 0 Å². The number of hydrogen-bond donors (Lipinski definition) is 0. The maximum absolute atomic E-state index is 12.2. The van der Waals surface area contributed by atoms with Crippen molar-refractivity contribution in [2.24, 2.45) is 0 Å². The molecule has 0 fully saturated rings. The Morgan fingerprint density at radius 1 is 1.10 bits per heavy atom. The summed E-state index contributed by atoms with van der Waals surface area (Å²) in [6, 6.07) is 10.9. The maximum atomic E-state index is 12.2. The van der Waals surface area contributed by atoms with E-state index in [4.69, 9.17) is 27.4 Å².